The van der Waals surface area contributed by atoms with Crippen LogP contribution in [0.5, 0.6) is 23.0 Å². The zero-order chi connectivity index (χ0) is 20.2. The van der Waals surface area contributed by atoms with Crippen LogP contribution in [0.3, 0.4) is 0 Å². The van der Waals surface area contributed by atoms with Crippen molar-refractivity contribution in [2.75, 3.05) is 34.2 Å². The summed E-state index contributed by atoms with van der Waals surface area (Å²) in [5, 5.41) is 0. The van der Waals surface area contributed by atoms with E-state index in [1.165, 1.54) is 16.7 Å². The van der Waals surface area contributed by atoms with Crippen molar-refractivity contribution in [3.63, 3.8) is 0 Å². The number of fused-ring (bicyclic) bond motifs is 1. The molecule has 0 spiro atoms. The minimum Gasteiger partial charge on any atom is -0.493 e. The number of methoxy groups -OCH3 is 2. The molecule has 1 unspecified atom stereocenters. The number of benzene rings is 2. The first-order chi connectivity index (χ1) is 14.2. The van der Waals surface area contributed by atoms with Gasteiger partial charge in [-0.3, -0.25) is 4.90 Å². The molecule has 1 saturated heterocycles. The van der Waals surface area contributed by atoms with E-state index < -0.39 is 0 Å². The lowest BCUT2D eigenvalue weighted by Gasteiger charge is -2.26. The second-order valence-corrected chi connectivity index (χ2v) is 7.63. The summed E-state index contributed by atoms with van der Waals surface area (Å²) >= 11 is 0. The maximum absolute atomic E-state index is 5.91. The van der Waals surface area contributed by atoms with Crippen molar-refractivity contribution in [1.82, 2.24) is 4.90 Å². The van der Waals surface area contributed by atoms with E-state index in [4.69, 9.17) is 23.7 Å². The van der Waals surface area contributed by atoms with Gasteiger partial charge in [0.25, 0.3) is 0 Å². The Labute approximate surface area is 172 Å². The van der Waals surface area contributed by atoms with Gasteiger partial charge in [-0.1, -0.05) is 6.07 Å². The van der Waals surface area contributed by atoms with Gasteiger partial charge in [-0.25, -0.2) is 0 Å². The molecule has 0 amide bonds. The van der Waals surface area contributed by atoms with Crippen molar-refractivity contribution >= 4 is 0 Å². The number of nitrogens with zero attached hydrogens (tertiary/aromatic N) is 1. The Hall–Kier alpha value is -2.44. The monoisotopic (exact) mass is 399 g/mol. The highest BCUT2D eigenvalue weighted by molar-refractivity contribution is 5.48. The molecule has 1 fully saturated rings. The van der Waals surface area contributed by atoms with Crippen LogP contribution >= 0.6 is 0 Å². The van der Waals surface area contributed by atoms with Gasteiger partial charge in [-0.2, -0.15) is 0 Å². The zero-order valence-corrected chi connectivity index (χ0v) is 17.4. The molecule has 2 aromatic rings. The summed E-state index contributed by atoms with van der Waals surface area (Å²) in [5.74, 6) is 3.15. The number of hydrogen-bond donors (Lipinski definition) is 0. The number of ether oxygens (including phenoxy) is 5. The summed E-state index contributed by atoms with van der Waals surface area (Å²) < 4.78 is 27.9. The third-order valence-corrected chi connectivity index (χ3v) is 5.57. The van der Waals surface area contributed by atoms with Crippen LogP contribution in [0, 0.1) is 6.92 Å². The average molecular weight is 399 g/mol. The molecule has 2 aliphatic heterocycles. The molecular formula is C23H29NO5. The summed E-state index contributed by atoms with van der Waals surface area (Å²) in [7, 11) is 3.32. The van der Waals surface area contributed by atoms with Crippen LogP contribution in [-0.4, -0.2) is 45.2 Å². The second kappa shape index (κ2) is 8.93. The summed E-state index contributed by atoms with van der Waals surface area (Å²) in [6.07, 6.45) is 2.53. The first kappa shape index (κ1) is 19.9. The lowest BCUT2D eigenvalue weighted by molar-refractivity contribution is 0.0678. The molecule has 156 valence electrons. The van der Waals surface area contributed by atoms with Gasteiger partial charge in [-0.05, 0) is 60.7 Å². The third-order valence-electron chi connectivity index (χ3n) is 5.57. The lowest BCUT2D eigenvalue weighted by atomic mass is 10.1. The SMILES string of the molecule is COc1ccc(CN(Cc2cc3c(cc2C)OCO3)CC2CCCO2)cc1OC. The number of hydrogen-bond acceptors (Lipinski definition) is 6. The van der Waals surface area contributed by atoms with Crippen LogP contribution in [-0.2, 0) is 17.8 Å². The summed E-state index contributed by atoms with van der Waals surface area (Å²) in [6, 6.07) is 10.3. The average Bonchev–Trinajstić information content (AvgIpc) is 3.39. The molecule has 29 heavy (non-hydrogen) atoms. The molecule has 0 N–H and O–H groups in total. The van der Waals surface area contributed by atoms with Crippen LogP contribution in [0.1, 0.15) is 29.5 Å². The van der Waals surface area contributed by atoms with Crippen molar-refractivity contribution in [1.29, 1.82) is 0 Å². The Kier molecular flexibility index (Phi) is 6.11. The summed E-state index contributed by atoms with van der Waals surface area (Å²) in [5.41, 5.74) is 3.63. The fraction of sp³-hybridized carbons (Fsp3) is 0.478. The molecule has 0 bridgehead atoms. The Morgan fingerprint density at radius 3 is 2.52 bits per heavy atom. The molecule has 1 atom stereocenters. The van der Waals surface area contributed by atoms with Crippen molar-refractivity contribution in [3.05, 3.63) is 47.0 Å². The van der Waals surface area contributed by atoms with E-state index in [0.717, 1.165) is 62.1 Å². The summed E-state index contributed by atoms with van der Waals surface area (Å²) in [6.45, 7) is 5.78. The molecule has 0 aliphatic carbocycles. The minimum absolute atomic E-state index is 0.282. The van der Waals surface area contributed by atoms with Crippen molar-refractivity contribution in [3.8, 4) is 23.0 Å². The fourth-order valence-electron chi connectivity index (χ4n) is 4.00. The van der Waals surface area contributed by atoms with Gasteiger partial charge in [0, 0.05) is 26.2 Å². The second-order valence-electron chi connectivity index (χ2n) is 7.63. The van der Waals surface area contributed by atoms with Crippen molar-refractivity contribution < 1.29 is 23.7 Å². The van der Waals surface area contributed by atoms with E-state index in [-0.39, 0.29) is 6.10 Å². The first-order valence-corrected chi connectivity index (χ1v) is 10.1. The molecule has 2 heterocycles. The highest BCUT2D eigenvalue weighted by Gasteiger charge is 2.22. The van der Waals surface area contributed by atoms with E-state index in [2.05, 4.69) is 30.0 Å². The van der Waals surface area contributed by atoms with E-state index >= 15 is 0 Å². The predicted octanol–water partition coefficient (Wildman–Crippen LogP) is 3.92. The molecular weight excluding hydrogens is 370 g/mol. The van der Waals surface area contributed by atoms with Gasteiger partial charge in [0.05, 0.1) is 20.3 Å². The van der Waals surface area contributed by atoms with Gasteiger partial charge in [0.15, 0.2) is 23.0 Å². The van der Waals surface area contributed by atoms with Gasteiger partial charge in [0.2, 0.25) is 6.79 Å². The molecule has 0 saturated carbocycles. The maximum atomic E-state index is 5.91. The molecule has 6 nitrogen and oxygen atoms in total. The van der Waals surface area contributed by atoms with Gasteiger partial charge in [-0.15, -0.1) is 0 Å². The molecule has 6 heteroatoms. The highest BCUT2D eigenvalue weighted by atomic mass is 16.7. The van der Waals surface area contributed by atoms with E-state index in [1.807, 2.05) is 12.1 Å². The normalized spacial score (nSPS) is 17.7. The Bertz CT molecular complexity index is 847. The largest absolute Gasteiger partial charge is 0.493 e. The molecule has 2 aromatic carbocycles. The van der Waals surface area contributed by atoms with Crippen molar-refractivity contribution in [2.45, 2.75) is 39.0 Å². The Balaban J connectivity index is 1.55. The summed E-state index contributed by atoms with van der Waals surface area (Å²) in [4.78, 5) is 2.43. The van der Waals surface area contributed by atoms with Crippen LogP contribution < -0.4 is 18.9 Å². The van der Waals surface area contributed by atoms with Gasteiger partial charge in [0.1, 0.15) is 0 Å². The minimum atomic E-state index is 0.282. The van der Waals surface area contributed by atoms with Crippen LogP contribution in [0.4, 0.5) is 0 Å². The Morgan fingerprint density at radius 2 is 1.79 bits per heavy atom. The fourth-order valence-corrected chi connectivity index (χ4v) is 4.00. The molecule has 0 radical (unpaired) electrons. The first-order valence-electron chi connectivity index (χ1n) is 10.1. The highest BCUT2D eigenvalue weighted by Crippen LogP contribution is 2.35. The standard InChI is InChI=1S/C23H29NO5/c1-16-9-22-23(29-15-28-22)11-18(16)13-24(14-19-5-4-8-27-19)12-17-6-7-20(25-2)21(10-17)26-3/h6-7,9-11,19H,4-5,8,12-15H2,1-3H3. The van der Waals surface area contributed by atoms with E-state index in [0.29, 0.717) is 6.79 Å². The number of rotatable bonds is 8. The smallest absolute Gasteiger partial charge is 0.231 e. The third kappa shape index (κ3) is 4.60. The number of aryl methyl sites for hydroxylation is 1. The van der Waals surface area contributed by atoms with Crippen LogP contribution in [0.25, 0.3) is 0 Å². The van der Waals surface area contributed by atoms with E-state index in [9.17, 15) is 0 Å². The zero-order valence-electron chi connectivity index (χ0n) is 17.4. The molecule has 2 aliphatic rings. The van der Waals surface area contributed by atoms with Gasteiger partial charge >= 0.3 is 0 Å². The van der Waals surface area contributed by atoms with Crippen LogP contribution in [0.2, 0.25) is 0 Å². The molecule has 0 aromatic heterocycles. The van der Waals surface area contributed by atoms with E-state index in [1.54, 1.807) is 14.2 Å². The maximum Gasteiger partial charge on any atom is 0.231 e. The van der Waals surface area contributed by atoms with Crippen molar-refractivity contribution in [2.24, 2.45) is 0 Å². The predicted molar refractivity (Wildman–Crippen MR) is 110 cm³/mol. The molecule has 4 rings (SSSR count). The quantitative estimate of drug-likeness (QED) is 0.671. The van der Waals surface area contributed by atoms with Crippen LogP contribution in [0.15, 0.2) is 30.3 Å². The lowest BCUT2D eigenvalue weighted by Crippen LogP contribution is -2.31. The Morgan fingerprint density at radius 1 is 1.00 bits per heavy atom. The van der Waals surface area contributed by atoms with Gasteiger partial charge < -0.3 is 23.7 Å². The topological polar surface area (TPSA) is 49.4 Å².